The van der Waals surface area contributed by atoms with Crippen LogP contribution in [0.25, 0.3) is 10.8 Å². The maximum Gasteiger partial charge on any atom is 0.151 e. The average molecular weight is 214 g/mol. The van der Waals surface area contributed by atoms with Gasteiger partial charge in [-0.1, -0.05) is 44.2 Å². The third-order valence-corrected chi connectivity index (χ3v) is 2.44. The van der Waals surface area contributed by atoms with E-state index in [1.165, 1.54) is 0 Å². The predicted molar refractivity (Wildman–Crippen MR) is 67.0 cm³/mol. The van der Waals surface area contributed by atoms with Crippen molar-refractivity contribution in [2.75, 3.05) is 6.61 Å². The smallest absolute Gasteiger partial charge is 0.151 e. The van der Waals surface area contributed by atoms with Gasteiger partial charge in [0.2, 0.25) is 0 Å². The third kappa shape index (κ3) is 2.11. The Hall–Kier alpha value is -1.70. The number of fused-ring (bicyclic) bond motifs is 1. The Kier molecular flexibility index (Phi) is 3.00. The molecule has 0 spiro atoms. The molecule has 0 amide bonds. The van der Waals surface area contributed by atoms with Gasteiger partial charge in [0.05, 0.1) is 12.3 Å². The molecule has 0 fully saturated rings. The van der Waals surface area contributed by atoms with Gasteiger partial charge in [-0.05, 0) is 17.4 Å². The second kappa shape index (κ2) is 4.44. The number of ether oxygens (including phenoxy) is 1. The van der Waals surface area contributed by atoms with Crippen molar-refractivity contribution in [3.8, 4) is 5.75 Å². The van der Waals surface area contributed by atoms with Gasteiger partial charge < -0.3 is 4.74 Å². The summed E-state index contributed by atoms with van der Waals surface area (Å²) in [5.74, 6) is 1.17. The Balaban J connectivity index is 2.44. The van der Waals surface area contributed by atoms with Crippen LogP contribution in [0.3, 0.4) is 0 Å². The molecule has 2 heteroatoms. The monoisotopic (exact) mass is 214 g/mol. The van der Waals surface area contributed by atoms with Crippen molar-refractivity contribution in [2.24, 2.45) is 5.92 Å². The van der Waals surface area contributed by atoms with Crippen molar-refractivity contribution in [2.45, 2.75) is 13.8 Å². The Labute approximate surface area is 96.0 Å². The summed E-state index contributed by atoms with van der Waals surface area (Å²) in [5.41, 5.74) is 8.33. The largest absolute Gasteiger partial charge is 0.490 e. The summed E-state index contributed by atoms with van der Waals surface area (Å²) in [7, 11) is 0. The van der Waals surface area contributed by atoms with Gasteiger partial charge >= 0.3 is 0 Å². The zero-order valence-electron chi connectivity index (χ0n) is 9.66. The first-order valence-corrected chi connectivity index (χ1v) is 5.54. The number of benzene rings is 2. The number of nitrogens with one attached hydrogen (secondary N) is 1. The highest BCUT2D eigenvalue weighted by Gasteiger charge is 2.07. The highest BCUT2D eigenvalue weighted by molar-refractivity contribution is 5.92. The summed E-state index contributed by atoms with van der Waals surface area (Å²) >= 11 is 0. The third-order valence-electron chi connectivity index (χ3n) is 2.44. The summed E-state index contributed by atoms with van der Waals surface area (Å²) < 4.78 is 5.72. The highest BCUT2D eigenvalue weighted by Crippen LogP contribution is 2.32. The van der Waals surface area contributed by atoms with E-state index < -0.39 is 0 Å². The molecule has 1 N–H and O–H groups in total. The lowest BCUT2D eigenvalue weighted by Gasteiger charge is -2.13. The van der Waals surface area contributed by atoms with Crippen LogP contribution in [0.15, 0.2) is 36.4 Å². The topological polar surface area (TPSA) is 33.0 Å². The van der Waals surface area contributed by atoms with Crippen LogP contribution >= 0.6 is 0 Å². The molecule has 0 heterocycles. The molecule has 0 saturated heterocycles. The molecule has 0 saturated carbocycles. The Bertz CT molecular complexity index is 491. The van der Waals surface area contributed by atoms with E-state index >= 15 is 0 Å². The van der Waals surface area contributed by atoms with Crippen LogP contribution in [0.2, 0.25) is 0 Å². The van der Waals surface area contributed by atoms with Crippen LogP contribution in [0.5, 0.6) is 5.75 Å². The predicted octanol–water partition coefficient (Wildman–Crippen LogP) is 3.79. The first-order valence-electron chi connectivity index (χ1n) is 5.54. The van der Waals surface area contributed by atoms with Crippen molar-refractivity contribution in [3.63, 3.8) is 0 Å². The van der Waals surface area contributed by atoms with E-state index in [2.05, 4.69) is 13.8 Å². The molecule has 0 aliphatic carbocycles. The van der Waals surface area contributed by atoms with E-state index in [-0.39, 0.29) is 0 Å². The minimum Gasteiger partial charge on any atom is -0.490 e. The van der Waals surface area contributed by atoms with E-state index in [1.54, 1.807) is 6.07 Å². The fourth-order valence-electron chi connectivity index (χ4n) is 1.65. The lowest BCUT2D eigenvalue weighted by atomic mass is 10.1. The molecule has 0 aliphatic rings. The summed E-state index contributed by atoms with van der Waals surface area (Å²) in [5, 5.41) is 2.15. The number of hydrogen-bond donors (Lipinski definition) is 0. The summed E-state index contributed by atoms with van der Waals surface area (Å²) in [6.07, 6.45) is 0. The van der Waals surface area contributed by atoms with Crippen molar-refractivity contribution < 1.29 is 4.74 Å². The normalized spacial score (nSPS) is 10.9. The van der Waals surface area contributed by atoms with E-state index in [1.807, 2.05) is 30.3 Å². The SMILES string of the molecule is CC(C)COc1c([NH])ccc2ccccc12. The molecule has 1 radical (unpaired) electrons. The standard InChI is InChI=1S/C14H16NO/c1-10(2)9-16-14-12-6-4-3-5-11(12)7-8-13(14)15/h3-8,10,15H,9H2,1-2H3. The molecule has 2 aromatic rings. The molecule has 0 unspecified atom stereocenters. The van der Waals surface area contributed by atoms with Gasteiger partial charge in [-0.15, -0.1) is 0 Å². The Morgan fingerprint density at radius 2 is 1.88 bits per heavy atom. The second-order valence-electron chi connectivity index (χ2n) is 4.37. The van der Waals surface area contributed by atoms with Gasteiger partial charge in [-0.25, -0.2) is 0 Å². The maximum absolute atomic E-state index is 7.87. The first kappa shape index (κ1) is 10.8. The first-order chi connectivity index (χ1) is 7.68. The summed E-state index contributed by atoms with van der Waals surface area (Å²) in [4.78, 5) is 0. The summed E-state index contributed by atoms with van der Waals surface area (Å²) in [6, 6.07) is 11.8. The van der Waals surface area contributed by atoms with E-state index in [0.717, 1.165) is 10.8 Å². The Morgan fingerprint density at radius 1 is 1.12 bits per heavy atom. The van der Waals surface area contributed by atoms with Gasteiger partial charge in [-0.2, -0.15) is 0 Å². The maximum atomic E-state index is 7.87. The van der Waals surface area contributed by atoms with Crippen LogP contribution in [0, 0.1) is 5.92 Å². The molecule has 2 aromatic carbocycles. The van der Waals surface area contributed by atoms with Crippen molar-refractivity contribution in [3.05, 3.63) is 36.4 Å². The molecule has 0 atom stereocenters. The van der Waals surface area contributed by atoms with Crippen molar-refractivity contribution in [1.82, 2.24) is 5.73 Å². The fourth-order valence-corrected chi connectivity index (χ4v) is 1.65. The molecule has 83 valence electrons. The van der Waals surface area contributed by atoms with Crippen molar-refractivity contribution >= 4 is 16.5 Å². The van der Waals surface area contributed by atoms with Crippen LogP contribution in [0.1, 0.15) is 13.8 Å². The van der Waals surface area contributed by atoms with Gasteiger partial charge in [0.15, 0.2) is 5.75 Å². The highest BCUT2D eigenvalue weighted by atomic mass is 16.5. The lowest BCUT2D eigenvalue weighted by Crippen LogP contribution is -2.05. The molecule has 2 nitrogen and oxygen atoms in total. The molecule has 2 rings (SSSR count). The van der Waals surface area contributed by atoms with Crippen LogP contribution < -0.4 is 10.5 Å². The van der Waals surface area contributed by atoms with Crippen LogP contribution in [-0.4, -0.2) is 6.61 Å². The Morgan fingerprint density at radius 3 is 2.62 bits per heavy atom. The average Bonchev–Trinajstić information content (AvgIpc) is 2.27. The second-order valence-corrected chi connectivity index (χ2v) is 4.37. The zero-order valence-corrected chi connectivity index (χ0v) is 9.66. The number of hydrogen-bond acceptors (Lipinski definition) is 1. The molecular weight excluding hydrogens is 198 g/mol. The van der Waals surface area contributed by atoms with Gasteiger partial charge in [0.25, 0.3) is 0 Å². The van der Waals surface area contributed by atoms with Crippen LogP contribution in [0.4, 0.5) is 5.69 Å². The van der Waals surface area contributed by atoms with E-state index in [4.69, 9.17) is 10.5 Å². The number of rotatable bonds is 3. The van der Waals surface area contributed by atoms with Gasteiger partial charge in [0.1, 0.15) is 0 Å². The fraction of sp³-hybridized carbons (Fsp3) is 0.286. The molecule has 16 heavy (non-hydrogen) atoms. The zero-order chi connectivity index (χ0) is 11.5. The molecule has 0 bridgehead atoms. The molecule has 0 aliphatic heterocycles. The minimum atomic E-state index is 0.458. The van der Waals surface area contributed by atoms with E-state index in [0.29, 0.717) is 24.0 Å². The van der Waals surface area contributed by atoms with Crippen molar-refractivity contribution in [1.29, 1.82) is 0 Å². The van der Waals surface area contributed by atoms with Gasteiger partial charge in [-0.3, -0.25) is 5.73 Å². The lowest BCUT2D eigenvalue weighted by molar-refractivity contribution is 0.275. The molecule has 0 aromatic heterocycles. The molecular formula is C14H16NO. The quantitative estimate of drug-likeness (QED) is 0.765. The van der Waals surface area contributed by atoms with Crippen LogP contribution in [-0.2, 0) is 0 Å². The van der Waals surface area contributed by atoms with Gasteiger partial charge in [0, 0.05) is 5.39 Å². The summed E-state index contributed by atoms with van der Waals surface area (Å²) in [6.45, 7) is 4.86. The minimum absolute atomic E-state index is 0.458. The van der Waals surface area contributed by atoms with E-state index in [9.17, 15) is 0 Å².